The zero-order chi connectivity index (χ0) is 18.7. The van der Waals surface area contributed by atoms with Gasteiger partial charge in [-0.05, 0) is 36.4 Å². The van der Waals surface area contributed by atoms with Crippen LogP contribution in [-0.2, 0) is 9.53 Å². The minimum Gasteiger partial charge on any atom is -0.497 e. The van der Waals surface area contributed by atoms with Gasteiger partial charge in [0.1, 0.15) is 5.75 Å². The summed E-state index contributed by atoms with van der Waals surface area (Å²) in [6.07, 6.45) is 0. The van der Waals surface area contributed by atoms with Gasteiger partial charge in [0.15, 0.2) is 11.7 Å². The van der Waals surface area contributed by atoms with E-state index in [9.17, 15) is 9.59 Å². The summed E-state index contributed by atoms with van der Waals surface area (Å²) in [6, 6.07) is 9.81. The maximum atomic E-state index is 12.0. The Balaban J connectivity index is 1.62. The Morgan fingerprint density at radius 1 is 1.19 bits per heavy atom. The molecule has 0 spiro atoms. The molecule has 1 heterocycles. The fourth-order valence-electron chi connectivity index (χ4n) is 2.10. The van der Waals surface area contributed by atoms with E-state index in [1.807, 2.05) is 6.07 Å². The van der Waals surface area contributed by atoms with Gasteiger partial charge in [-0.1, -0.05) is 34.5 Å². The summed E-state index contributed by atoms with van der Waals surface area (Å²) in [7, 11) is 1.57. The van der Waals surface area contributed by atoms with Crippen molar-refractivity contribution in [1.29, 1.82) is 0 Å². The molecule has 9 heteroatoms. The first-order valence-electron chi connectivity index (χ1n) is 7.33. The largest absolute Gasteiger partial charge is 0.497 e. The van der Waals surface area contributed by atoms with Crippen molar-refractivity contribution >= 4 is 61.8 Å². The van der Waals surface area contributed by atoms with Gasteiger partial charge in [-0.3, -0.25) is 10.1 Å². The first kappa shape index (κ1) is 18.4. The van der Waals surface area contributed by atoms with Crippen molar-refractivity contribution in [2.24, 2.45) is 0 Å². The summed E-state index contributed by atoms with van der Waals surface area (Å²) in [5.41, 5.74) is 0.827. The number of carbonyl (C=O) groups excluding carboxylic acids is 2. The molecule has 1 N–H and O–H groups in total. The number of halogens is 2. The predicted molar refractivity (Wildman–Crippen MR) is 102 cm³/mol. The molecular formula is C17H12Cl2N2O4S. The summed E-state index contributed by atoms with van der Waals surface area (Å²) in [5, 5.41) is 3.53. The van der Waals surface area contributed by atoms with Crippen LogP contribution >= 0.6 is 34.5 Å². The Bertz CT molecular complexity index is 990. The summed E-state index contributed by atoms with van der Waals surface area (Å²) in [6.45, 7) is -0.471. The number of hydrogen-bond donors (Lipinski definition) is 1. The summed E-state index contributed by atoms with van der Waals surface area (Å²) >= 11 is 13.0. The second kappa shape index (κ2) is 7.90. The molecule has 0 saturated heterocycles. The molecule has 0 saturated carbocycles. The molecular weight excluding hydrogens is 399 g/mol. The molecule has 26 heavy (non-hydrogen) atoms. The molecule has 0 bridgehead atoms. The number of thiazole rings is 1. The number of carbonyl (C=O) groups is 2. The fourth-order valence-corrected chi connectivity index (χ4v) is 3.38. The number of nitrogens with one attached hydrogen (secondary N) is 1. The maximum absolute atomic E-state index is 12.0. The van der Waals surface area contributed by atoms with E-state index in [1.165, 1.54) is 23.5 Å². The second-order valence-corrected chi connectivity index (χ2v) is 6.98. The Morgan fingerprint density at radius 3 is 2.77 bits per heavy atom. The highest BCUT2D eigenvalue weighted by atomic mass is 35.5. The Kier molecular flexibility index (Phi) is 5.61. The van der Waals surface area contributed by atoms with Gasteiger partial charge in [-0.15, -0.1) is 0 Å². The van der Waals surface area contributed by atoms with Crippen molar-refractivity contribution in [2.45, 2.75) is 0 Å². The lowest BCUT2D eigenvalue weighted by atomic mass is 10.2. The van der Waals surface area contributed by atoms with Crippen molar-refractivity contribution in [3.8, 4) is 5.75 Å². The molecule has 1 aromatic heterocycles. The van der Waals surface area contributed by atoms with Gasteiger partial charge in [0, 0.05) is 5.02 Å². The molecule has 0 radical (unpaired) electrons. The molecule has 0 aliphatic carbocycles. The number of ether oxygens (including phenoxy) is 2. The van der Waals surface area contributed by atoms with E-state index in [0.29, 0.717) is 15.9 Å². The van der Waals surface area contributed by atoms with E-state index >= 15 is 0 Å². The topological polar surface area (TPSA) is 77.5 Å². The van der Waals surface area contributed by atoms with Gasteiger partial charge in [0.05, 0.1) is 27.9 Å². The normalized spacial score (nSPS) is 10.6. The van der Waals surface area contributed by atoms with Crippen LogP contribution in [0.15, 0.2) is 36.4 Å². The third kappa shape index (κ3) is 4.24. The second-order valence-electron chi connectivity index (χ2n) is 5.10. The molecule has 3 aromatic rings. The maximum Gasteiger partial charge on any atom is 0.340 e. The minimum atomic E-state index is -0.735. The molecule has 2 aromatic carbocycles. The van der Waals surface area contributed by atoms with Crippen LogP contribution in [0.2, 0.25) is 10.0 Å². The Labute approximate surface area is 162 Å². The molecule has 1 amide bonds. The number of rotatable bonds is 5. The zero-order valence-electron chi connectivity index (χ0n) is 13.4. The van der Waals surface area contributed by atoms with Crippen LogP contribution in [0.25, 0.3) is 10.2 Å². The third-order valence-electron chi connectivity index (χ3n) is 3.32. The van der Waals surface area contributed by atoms with Crippen LogP contribution in [0.1, 0.15) is 10.4 Å². The van der Waals surface area contributed by atoms with Crippen molar-refractivity contribution in [2.75, 3.05) is 19.0 Å². The van der Waals surface area contributed by atoms with Crippen LogP contribution in [0, 0.1) is 0 Å². The molecule has 0 unspecified atom stereocenters. The van der Waals surface area contributed by atoms with E-state index in [2.05, 4.69) is 10.3 Å². The average Bonchev–Trinajstić information content (AvgIpc) is 3.02. The van der Waals surface area contributed by atoms with Gasteiger partial charge in [-0.2, -0.15) is 0 Å². The predicted octanol–water partition coefficient (Wildman–Crippen LogP) is 4.41. The first-order chi connectivity index (χ1) is 12.5. The fraction of sp³-hybridized carbons (Fsp3) is 0.118. The lowest BCUT2D eigenvalue weighted by molar-refractivity contribution is -0.119. The van der Waals surface area contributed by atoms with E-state index in [1.54, 1.807) is 25.3 Å². The zero-order valence-corrected chi connectivity index (χ0v) is 15.7. The number of anilines is 1. The number of aromatic nitrogens is 1. The molecule has 3 rings (SSSR count). The SMILES string of the molecule is COc1ccc2nc(NC(=O)COC(=O)c3cc(Cl)ccc3Cl)sc2c1. The number of fused-ring (bicyclic) bond motifs is 1. The number of esters is 1. The Hall–Kier alpha value is -2.35. The molecule has 0 atom stereocenters. The molecule has 0 aliphatic heterocycles. The van der Waals surface area contributed by atoms with Gasteiger partial charge in [0.25, 0.3) is 5.91 Å². The minimum absolute atomic E-state index is 0.0963. The van der Waals surface area contributed by atoms with Crippen LogP contribution in [-0.4, -0.2) is 30.6 Å². The number of benzene rings is 2. The van der Waals surface area contributed by atoms with E-state index in [0.717, 1.165) is 10.2 Å². The number of nitrogens with zero attached hydrogens (tertiary/aromatic N) is 1. The van der Waals surface area contributed by atoms with Crippen LogP contribution < -0.4 is 10.1 Å². The summed E-state index contributed by atoms with van der Waals surface area (Å²) in [5.74, 6) is -0.546. The average molecular weight is 411 g/mol. The van der Waals surface area contributed by atoms with Crippen LogP contribution in [0.4, 0.5) is 5.13 Å². The van der Waals surface area contributed by atoms with Crippen molar-refractivity contribution < 1.29 is 19.1 Å². The van der Waals surface area contributed by atoms with Crippen LogP contribution in [0.3, 0.4) is 0 Å². The van der Waals surface area contributed by atoms with Gasteiger partial charge in [0.2, 0.25) is 0 Å². The highest BCUT2D eigenvalue weighted by Gasteiger charge is 2.15. The van der Waals surface area contributed by atoms with E-state index in [-0.39, 0.29) is 10.6 Å². The quantitative estimate of drug-likeness (QED) is 0.630. The highest BCUT2D eigenvalue weighted by Crippen LogP contribution is 2.29. The highest BCUT2D eigenvalue weighted by molar-refractivity contribution is 7.22. The molecule has 6 nitrogen and oxygen atoms in total. The number of hydrogen-bond acceptors (Lipinski definition) is 6. The molecule has 134 valence electrons. The Morgan fingerprint density at radius 2 is 2.00 bits per heavy atom. The van der Waals surface area contributed by atoms with Crippen molar-refractivity contribution in [3.63, 3.8) is 0 Å². The van der Waals surface area contributed by atoms with Crippen molar-refractivity contribution in [3.05, 3.63) is 52.0 Å². The monoisotopic (exact) mass is 410 g/mol. The lowest BCUT2D eigenvalue weighted by Gasteiger charge is -2.06. The van der Waals surface area contributed by atoms with E-state index in [4.69, 9.17) is 32.7 Å². The van der Waals surface area contributed by atoms with Crippen molar-refractivity contribution in [1.82, 2.24) is 4.98 Å². The van der Waals surface area contributed by atoms with E-state index < -0.39 is 18.5 Å². The number of methoxy groups -OCH3 is 1. The van der Waals surface area contributed by atoms with Gasteiger partial charge in [-0.25, -0.2) is 9.78 Å². The first-order valence-corrected chi connectivity index (χ1v) is 8.90. The van der Waals surface area contributed by atoms with Gasteiger partial charge >= 0.3 is 5.97 Å². The lowest BCUT2D eigenvalue weighted by Crippen LogP contribution is -2.21. The summed E-state index contributed by atoms with van der Waals surface area (Å²) < 4.78 is 11.0. The standard InChI is InChI=1S/C17H12Cl2N2O4S/c1-24-10-3-5-13-14(7-10)26-17(20-13)21-15(22)8-25-16(23)11-6-9(18)2-4-12(11)19/h2-7H,8H2,1H3,(H,20,21,22). The van der Waals surface area contributed by atoms with Crippen LogP contribution in [0.5, 0.6) is 5.75 Å². The molecule has 0 fully saturated rings. The summed E-state index contributed by atoms with van der Waals surface area (Å²) in [4.78, 5) is 28.3. The third-order valence-corrected chi connectivity index (χ3v) is 4.82. The molecule has 0 aliphatic rings. The smallest absolute Gasteiger partial charge is 0.340 e. The number of amides is 1. The van der Waals surface area contributed by atoms with Gasteiger partial charge < -0.3 is 9.47 Å².